The molecule has 1 aliphatic carbocycles. The van der Waals surface area contributed by atoms with Crippen LogP contribution in [0, 0.1) is 6.92 Å². The second-order valence-corrected chi connectivity index (χ2v) is 11.0. The van der Waals surface area contributed by atoms with Crippen LogP contribution in [0.1, 0.15) is 37.8 Å². The first-order valence-electron chi connectivity index (χ1n) is 12.6. The number of sulfonamides is 1. The molecule has 0 aliphatic heterocycles. The van der Waals surface area contributed by atoms with Gasteiger partial charge in [0.15, 0.2) is 11.6 Å². The number of nitrogens with one attached hydrogen (secondary N) is 1. The van der Waals surface area contributed by atoms with E-state index in [2.05, 4.69) is 29.9 Å². The molecule has 0 aromatic carbocycles. The van der Waals surface area contributed by atoms with Gasteiger partial charge in [0.1, 0.15) is 28.9 Å². The largest absolute Gasteiger partial charge is 0.492 e. The van der Waals surface area contributed by atoms with E-state index in [1.54, 1.807) is 42.3 Å². The molecular weight excluding hydrogens is 538 g/mol. The summed E-state index contributed by atoms with van der Waals surface area (Å²) in [7, 11) is 0.355. The van der Waals surface area contributed by atoms with Crippen molar-refractivity contribution in [1.29, 1.82) is 0 Å². The molecule has 40 heavy (non-hydrogen) atoms. The van der Waals surface area contributed by atoms with Crippen molar-refractivity contribution in [1.82, 2.24) is 29.7 Å². The van der Waals surface area contributed by atoms with Crippen LogP contribution in [0.5, 0.6) is 5.88 Å². The second-order valence-electron chi connectivity index (χ2n) is 8.92. The van der Waals surface area contributed by atoms with Gasteiger partial charge in [-0.2, -0.15) is 0 Å². The number of aromatic nitrogens is 6. The zero-order valence-electron chi connectivity index (χ0n) is 23.2. The summed E-state index contributed by atoms with van der Waals surface area (Å²) in [5, 5.41) is 7.44. The van der Waals surface area contributed by atoms with Gasteiger partial charge in [-0.05, 0) is 44.9 Å². The standard InChI is InChI=1S/C26H33N7O6S/c1-7-39-20-12-9-11-19(36-4)22(20)33-25(18-10-8-13-21(29-18)37-5)30-31-26(33)32-40(34,35)17(3)23(38-6)24-27-14-16(2)15-28-24/h8-10,12-15,17,19,23H,7,11H2,1-6H3,(H,31,32)/t17-,19?,23-/m0/s1. The number of hydrogen-bond donors (Lipinski definition) is 1. The van der Waals surface area contributed by atoms with Gasteiger partial charge in [0.05, 0.1) is 19.4 Å². The molecule has 3 heterocycles. The molecule has 0 fully saturated rings. The van der Waals surface area contributed by atoms with Crippen molar-refractivity contribution in [3.8, 4) is 17.4 Å². The van der Waals surface area contributed by atoms with Crippen molar-refractivity contribution in [2.45, 2.75) is 44.6 Å². The molecule has 13 nitrogen and oxygen atoms in total. The molecule has 0 saturated heterocycles. The zero-order valence-corrected chi connectivity index (χ0v) is 24.0. The maximum atomic E-state index is 13.7. The Morgan fingerprint density at radius 3 is 2.55 bits per heavy atom. The smallest absolute Gasteiger partial charge is 0.243 e. The molecule has 214 valence electrons. The van der Waals surface area contributed by atoms with Gasteiger partial charge in [-0.25, -0.2) is 23.4 Å². The highest BCUT2D eigenvalue weighted by atomic mass is 32.2. The van der Waals surface area contributed by atoms with Gasteiger partial charge in [-0.1, -0.05) is 12.1 Å². The van der Waals surface area contributed by atoms with Crippen molar-refractivity contribution in [3.63, 3.8) is 0 Å². The number of ether oxygens (including phenoxy) is 4. The molecule has 3 aromatic rings. The topological polar surface area (TPSA) is 152 Å². The molecule has 1 N–H and O–H groups in total. The van der Waals surface area contributed by atoms with E-state index in [0.29, 0.717) is 36.1 Å². The molecule has 3 aromatic heterocycles. The average Bonchev–Trinajstić information content (AvgIpc) is 3.36. The van der Waals surface area contributed by atoms with E-state index in [-0.39, 0.29) is 17.6 Å². The first-order valence-corrected chi connectivity index (χ1v) is 14.1. The third kappa shape index (κ3) is 5.98. The van der Waals surface area contributed by atoms with Crippen molar-refractivity contribution >= 4 is 21.7 Å². The first-order chi connectivity index (χ1) is 19.2. The third-order valence-corrected chi connectivity index (χ3v) is 7.98. The lowest BCUT2D eigenvalue weighted by Crippen LogP contribution is -2.34. The van der Waals surface area contributed by atoms with Crippen molar-refractivity contribution in [2.75, 3.05) is 32.7 Å². The Morgan fingerprint density at radius 1 is 1.15 bits per heavy atom. The van der Waals surface area contributed by atoms with Gasteiger partial charge < -0.3 is 18.9 Å². The molecule has 4 rings (SSSR count). The van der Waals surface area contributed by atoms with E-state index in [0.717, 1.165) is 5.56 Å². The normalized spacial score (nSPS) is 17.0. The van der Waals surface area contributed by atoms with Crippen LogP contribution in [0.15, 0.2) is 48.5 Å². The summed E-state index contributed by atoms with van der Waals surface area (Å²) < 4.78 is 54.1. The number of aryl methyl sites for hydroxylation is 1. The van der Waals surface area contributed by atoms with E-state index < -0.39 is 27.5 Å². The average molecular weight is 572 g/mol. The number of allylic oxidation sites excluding steroid dienone is 1. The van der Waals surface area contributed by atoms with Gasteiger partial charge in [0, 0.05) is 32.7 Å². The van der Waals surface area contributed by atoms with Crippen LogP contribution < -0.4 is 9.46 Å². The van der Waals surface area contributed by atoms with Crippen molar-refractivity contribution < 1.29 is 27.4 Å². The molecule has 0 spiro atoms. The Bertz CT molecular complexity index is 1490. The van der Waals surface area contributed by atoms with Crippen LogP contribution in [-0.2, 0) is 24.2 Å². The summed E-state index contributed by atoms with van der Waals surface area (Å²) in [5.41, 5.74) is 1.76. The summed E-state index contributed by atoms with van der Waals surface area (Å²) in [6, 6.07) is 5.17. The maximum Gasteiger partial charge on any atom is 0.243 e. The summed E-state index contributed by atoms with van der Waals surface area (Å²) in [6.45, 7) is 5.58. The van der Waals surface area contributed by atoms with E-state index in [1.807, 2.05) is 26.0 Å². The first kappa shape index (κ1) is 29.1. The molecule has 1 aliphatic rings. The fraction of sp³-hybridized carbons (Fsp3) is 0.423. The fourth-order valence-corrected chi connectivity index (χ4v) is 5.36. The molecule has 0 bridgehead atoms. The van der Waals surface area contributed by atoms with Crippen LogP contribution >= 0.6 is 0 Å². The van der Waals surface area contributed by atoms with Crippen LogP contribution in [0.25, 0.3) is 17.2 Å². The fourth-order valence-electron chi connectivity index (χ4n) is 4.23. The Labute approximate surface area is 233 Å². The summed E-state index contributed by atoms with van der Waals surface area (Å²) >= 11 is 0. The lowest BCUT2D eigenvalue weighted by molar-refractivity contribution is 0.0949. The molecule has 0 saturated carbocycles. The summed E-state index contributed by atoms with van der Waals surface area (Å²) in [5.74, 6) is 1.28. The number of pyridine rings is 1. The van der Waals surface area contributed by atoms with Crippen molar-refractivity contribution in [2.24, 2.45) is 0 Å². The minimum Gasteiger partial charge on any atom is -0.492 e. The number of nitrogens with zero attached hydrogens (tertiary/aromatic N) is 6. The third-order valence-electron chi connectivity index (χ3n) is 6.29. The number of anilines is 1. The van der Waals surface area contributed by atoms with Crippen LogP contribution in [-0.4, -0.2) is 77.4 Å². The quantitative estimate of drug-likeness (QED) is 0.341. The van der Waals surface area contributed by atoms with Gasteiger partial charge >= 0.3 is 0 Å². The summed E-state index contributed by atoms with van der Waals surface area (Å²) in [4.78, 5) is 13.0. The number of methoxy groups -OCH3 is 3. The Kier molecular flexibility index (Phi) is 9.12. The number of hydrogen-bond acceptors (Lipinski definition) is 11. The molecule has 0 amide bonds. The monoisotopic (exact) mass is 571 g/mol. The van der Waals surface area contributed by atoms with E-state index in [1.165, 1.54) is 21.1 Å². The predicted molar refractivity (Wildman–Crippen MR) is 148 cm³/mol. The highest BCUT2D eigenvalue weighted by Crippen LogP contribution is 2.34. The van der Waals surface area contributed by atoms with Crippen LogP contribution in [0.2, 0.25) is 0 Å². The van der Waals surface area contributed by atoms with Crippen LogP contribution in [0.3, 0.4) is 0 Å². The Hall–Kier alpha value is -3.88. The lowest BCUT2D eigenvalue weighted by atomic mass is 10.1. The Morgan fingerprint density at radius 2 is 1.90 bits per heavy atom. The lowest BCUT2D eigenvalue weighted by Gasteiger charge is -2.27. The molecular formula is C26H33N7O6S. The minimum atomic E-state index is -4.13. The predicted octanol–water partition coefficient (Wildman–Crippen LogP) is 3.15. The van der Waals surface area contributed by atoms with Crippen LogP contribution in [0.4, 0.5) is 5.95 Å². The molecule has 14 heteroatoms. The molecule has 0 radical (unpaired) electrons. The van der Waals surface area contributed by atoms with Gasteiger partial charge in [0.2, 0.25) is 21.9 Å². The molecule has 3 atom stereocenters. The van der Waals surface area contributed by atoms with Gasteiger partial charge in [-0.15, -0.1) is 10.2 Å². The minimum absolute atomic E-state index is 0.0734. The van der Waals surface area contributed by atoms with Gasteiger partial charge in [0.25, 0.3) is 0 Å². The number of rotatable bonds is 12. The Balaban J connectivity index is 1.84. The van der Waals surface area contributed by atoms with E-state index in [4.69, 9.17) is 18.9 Å². The zero-order chi connectivity index (χ0) is 28.9. The SMILES string of the molecule is CCOC1=C(n2c(NS(=O)(=O)[C@@H](C)[C@H](OC)c3ncc(C)cn3)nnc2-c2cccc(OC)n2)C(OC)CC=C1. The highest BCUT2D eigenvalue weighted by molar-refractivity contribution is 7.93. The van der Waals surface area contributed by atoms with Gasteiger partial charge in [-0.3, -0.25) is 9.29 Å². The highest BCUT2D eigenvalue weighted by Gasteiger charge is 2.36. The van der Waals surface area contributed by atoms with E-state index in [9.17, 15) is 8.42 Å². The maximum absolute atomic E-state index is 13.7. The van der Waals surface area contributed by atoms with E-state index >= 15 is 0 Å². The summed E-state index contributed by atoms with van der Waals surface area (Å²) in [6.07, 6.45) is 6.03. The molecule has 1 unspecified atom stereocenters. The van der Waals surface area contributed by atoms with Crippen molar-refractivity contribution in [3.05, 3.63) is 59.9 Å². The second kappa shape index (κ2) is 12.5.